The molecule has 2 atom stereocenters. The second-order valence-corrected chi connectivity index (χ2v) is 9.85. The molecule has 0 aliphatic rings. The molecule has 4 N–H and O–H groups in total. The Morgan fingerprint density at radius 2 is 1.62 bits per heavy atom. The molecule has 11 heteroatoms. The van der Waals surface area contributed by atoms with Gasteiger partial charge in [-0.05, 0) is 57.2 Å². The molecule has 0 aromatic heterocycles. The number of alkyl carbamates (subject to hydrolysis) is 1. The van der Waals surface area contributed by atoms with Gasteiger partial charge in [-0.2, -0.15) is 0 Å². The van der Waals surface area contributed by atoms with E-state index in [1.165, 1.54) is 7.11 Å². The van der Waals surface area contributed by atoms with Gasteiger partial charge < -0.3 is 35.3 Å². The number of hydrogen-bond donors (Lipinski definition) is 4. The lowest BCUT2D eigenvalue weighted by Gasteiger charge is -2.26. The topological polar surface area (TPSA) is 152 Å². The first-order chi connectivity index (χ1) is 17.4. The SMILES string of the molecule is COC(=O)CNC(=O)[C@@H](NC(=O)[C@H](Cc1ccc(OCCCCO)cc1)NC(=O)OC(C)(C)C)C(C)C. The normalized spacial score (nSPS) is 12.8. The number of nitrogens with one attached hydrogen (secondary N) is 3. The maximum absolute atomic E-state index is 13.2. The van der Waals surface area contributed by atoms with Crippen molar-refractivity contribution in [3.63, 3.8) is 0 Å². The number of rotatable bonds is 14. The molecule has 3 amide bonds. The van der Waals surface area contributed by atoms with E-state index in [0.29, 0.717) is 18.8 Å². The Balaban J connectivity index is 2.98. The van der Waals surface area contributed by atoms with Crippen LogP contribution in [0.15, 0.2) is 24.3 Å². The molecule has 0 spiro atoms. The third kappa shape index (κ3) is 13.0. The number of esters is 1. The number of benzene rings is 1. The third-order valence-electron chi connectivity index (χ3n) is 5.07. The fraction of sp³-hybridized carbons (Fsp3) is 0.615. The summed E-state index contributed by atoms with van der Waals surface area (Å²) in [4.78, 5) is 49.7. The van der Waals surface area contributed by atoms with Gasteiger partial charge in [0.25, 0.3) is 0 Å². The van der Waals surface area contributed by atoms with Crippen molar-refractivity contribution in [2.75, 3.05) is 26.9 Å². The van der Waals surface area contributed by atoms with Crippen LogP contribution >= 0.6 is 0 Å². The van der Waals surface area contributed by atoms with Gasteiger partial charge in [0.05, 0.1) is 13.7 Å². The highest BCUT2D eigenvalue weighted by Crippen LogP contribution is 2.15. The Morgan fingerprint density at radius 1 is 0.973 bits per heavy atom. The first-order valence-corrected chi connectivity index (χ1v) is 12.3. The van der Waals surface area contributed by atoms with E-state index in [-0.39, 0.29) is 25.5 Å². The quantitative estimate of drug-likeness (QED) is 0.212. The van der Waals surface area contributed by atoms with Gasteiger partial charge in [-0.15, -0.1) is 0 Å². The van der Waals surface area contributed by atoms with Crippen LogP contribution in [-0.4, -0.2) is 73.5 Å². The van der Waals surface area contributed by atoms with Crippen molar-refractivity contribution in [3.05, 3.63) is 29.8 Å². The van der Waals surface area contributed by atoms with E-state index in [4.69, 9.17) is 14.6 Å². The van der Waals surface area contributed by atoms with Gasteiger partial charge >= 0.3 is 12.1 Å². The number of hydrogen-bond acceptors (Lipinski definition) is 8. The summed E-state index contributed by atoms with van der Waals surface area (Å²) in [7, 11) is 1.21. The molecule has 0 aliphatic carbocycles. The first-order valence-electron chi connectivity index (χ1n) is 12.3. The van der Waals surface area contributed by atoms with Crippen LogP contribution in [0.25, 0.3) is 0 Å². The van der Waals surface area contributed by atoms with E-state index in [9.17, 15) is 19.2 Å². The predicted octanol–water partition coefficient (Wildman–Crippen LogP) is 1.70. The van der Waals surface area contributed by atoms with Crippen molar-refractivity contribution >= 4 is 23.9 Å². The van der Waals surface area contributed by atoms with Gasteiger partial charge in [0.2, 0.25) is 11.8 Å². The molecule has 0 saturated heterocycles. The third-order valence-corrected chi connectivity index (χ3v) is 5.07. The summed E-state index contributed by atoms with van der Waals surface area (Å²) in [6.07, 6.45) is 0.742. The summed E-state index contributed by atoms with van der Waals surface area (Å²) in [6.45, 7) is 8.88. The van der Waals surface area contributed by atoms with Crippen LogP contribution in [0.5, 0.6) is 5.75 Å². The average Bonchev–Trinajstić information content (AvgIpc) is 2.82. The molecule has 37 heavy (non-hydrogen) atoms. The standard InChI is InChI=1S/C26H41N3O8/c1-17(2)22(24(33)27-16-21(31)35-6)29-23(32)20(28-25(34)37-26(3,4)5)15-18-9-11-19(12-10-18)36-14-8-7-13-30/h9-12,17,20,22,30H,7-8,13-16H2,1-6H3,(H,27,33)(H,28,34)(H,29,32)/t20-,22-/m0/s1. The molecule has 1 rings (SSSR count). The highest BCUT2D eigenvalue weighted by atomic mass is 16.6. The lowest BCUT2D eigenvalue weighted by atomic mass is 10.0. The maximum atomic E-state index is 13.2. The van der Waals surface area contributed by atoms with Crippen LogP contribution in [0, 0.1) is 5.92 Å². The number of carbonyl (C=O) groups excluding carboxylic acids is 4. The second kappa shape index (κ2) is 15.7. The second-order valence-electron chi connectivity index (χ2n) is 9.85. The fourth-order valence-electron chi connectivity index (χ4n) is 3.15. The maximum Gasteiger partial charge on any atom is 0.408 e. The summed E-state index contributed by atoms with van der Waals surface area (Å²) < 4.78 is 15.5. The van der Waals surface area contributed by atoms with E-state index in [1.807, 2.05) is 0 Å². The molecule has 0 radical (unpaired) electrons. The minimum Gasteiger partial charge on any atom is -0.494 e. The Hall–Kier alpha value is -3.34. The lowest BCUT2D eigenvalue weighted by Crippen LogP contribution is -2.56. The zero-order valence-electron chi connectivity index (χ0n) is 22.6. The predicted molar refractivity (Wildman–Crippen MR) is 137 cm³/mol. The number of amides is 3. The first kappa shape index (κ1) is 31.7. The van der Waals surface area contributed by atoms with Crippen molar-refractivity contribution in [1.82, 2.24) is 16.0 Å². The van der Waals surface area contributed by atoms with E-state index in [0.717, 1.165) is 12.0 Å². The van der Waals surface area contributed by atoms with Gasteiger partial charge in [-0.3, -0.25) is 14.4 Å². The van der Waals surface area contributed by atoms with Gasteiger partial charge in [0.1, 0.15) is 30.0 Å². The highest BCUT2D eigenvalue weighted by Gasteiger charge is 2.30. The molecule has 0 saturated carbocycles. The summed E-state index contributed by atoms with van der Waals surface area (Å²) in [5, 5.41) is 16.6. The number of unbranched alkanes of at least 4 members (excludes halogenated alkanes) is 1. The van der Waals surface area contributed by atoms with E-state index in [2.05, 4.69) is 20.7 Å². The zero-order chi connectivity index (χ0) is 28.0. The van der Waals surface area contributed by atoms with Gasteiger partial charge in [-0.25, -0.2) is 4.79 Å². The Morgan fingerprint density at radius 3 is 2.16 bits per heavy atom. The number of ether oxygens (including phenoxy) is 3. The number of carbonyl (C=O) groups is 4. The molecular weight excluding hydrogens is 482 g/mol. The summed E-state index contributed by atoms with van der Waals surface area (Å²) in [5.74, 6) is -1.40. The van der Waals surface area contributed by atoms with E-state index >= 15 is 0 Å². The molecule has 0 heterocycles. The van der Waals surface area contributed by atoms with Crippen LogP contribution < -0.4 is 20.7 Å². The molecular formula is C26H41N3O8. The van der Waals surface area contributed by atoms with Crippen molar-refractivity contribution in [2.24, 2.45) is 5.92 Å². The van der Waals surface area contributed by atoms with Crippen LogP contribution in [0.1, 0.15) is 53.0 Å². The van der Waals surface area contributed by atoms with E-state index < -0.39 is 41.6 Å². The smallest absolute Gasteiger partial charge is 0.408 e. The number of aliphatic hydroxyl groups excluding tert-OH is 1. The molecule has 1 aromatic carbocycles. The Labute approximate surface area is 218 Å². The fourth-order valence-corrected chi connectivity index (χ4v) is 3.15. The summed E-state index contributed by atoms with van der Waals surface area (Å²) in [5.41, 5.74) is -0.0240. The van der Waals surface area contributed by atoms with Crippen LogP contribution in [0.4, 0.5) is 4.79 Å². The Bertz CT molecular complexity index is 881. The lowest BCUT2D eigenvalue weighted by molar-refractivity contribution is -0.141. The monoisotopic (exact) mass is 523 g/mol. The minimum absolute atomic E-state index is 0.112. The average molecular weight is 524 g/mol. The van der Waals surface area contributed by atoms with Gasteiger partial charge in [-0.1, -0.05) is 26.0 Å². The van der Waals surface area contributed by atoms with Crippen molar-refractivity contribution in [3.8, 4) is 5.75 Å². The molecule has 0 fully saturated rings. The molecule has 11 nitrogen and oxygen atoms in total. The molecule has 0 bridgehead atoms. The molecule has 0 unspecified atom stereocenters. The zero-order valence-corrected chi connectivity index (χ0v) is 22.6. The van der Waals surface area contributed by atoms with E-state index in [1.54, 1.807) is 58.9 Å². The van der Waals surface area contributed by atoms with Crippen LogP contribution in [0.3, 0.4) is 0 Å². The van der Waals surface area contributed by atoms with Crippen LogP contribution in [-0.2, 0) is 30.3 Å². The van der Waals surface area contributed by atoms with Crippen molar-refractivity contribution in [1.29, 1.82) is 0 Å². The van der Waals surface area contributed by atoms with Gasteiger partial charge in [0.15, 0.2) is 0 Å². The Kier molecular flexibility index (Phi) is 13.4. The highest BCUT2D eigenvalue weighted by molar-refractivity contribution is 5.92. The van der Waals surface area contributed by atoms with Crippen LogP contribution in [0.2, 0.25) is 0 Å². The van der Waals surface area contributed by atoms with Gasteiger partial charge in [0, 0.05) is 13.0 Å². The number of methoxy groups -OCH3 is 1. The van der Waals surface area contributed by atoms with Crippen molar-refractivity contribution in [2.45, 2.75) is 71.6 Å². The largest absolute Gasteiger partial charge is 0.494 e. The van der Waals surface area contributed by atoms with Crippen molar-refractivity contribution < 1.29 is 38.5 Å². The molecule has 208 valence electrons. The minimum atomic E-state index is -1.04. The molecule has 0 aliphatic heterocycles. The molecule has 1 aromatic rings. The number of aliphatic hydroxyl groups is 1. The summed E-state index contributed by atoms with van der Waals surface area (Å²) >= 11 is 0. The summed E-state index contributed by atoms with van der Waals surface area (Å²) in [6, 6.07) is 5.08.